The Bertz CT molecular complexity index is 479. The molecule has 0 saturated heterocycles. The third kappa shape index (κ3) is 3.63. The molecule has 0 radical (unpaired) electrons. The lowest BCUT2D eigenvalue weighted by Crippen LogP contribution is -2.19. The molecular formula is C10H9ClF3NO4. The molecule has 0 amide bonds. The third-order valence-electron chi connectivity index (χ3n) is 2.04. The number of halogens is 4. The average molecular weight is 300 g/mol. The second-order valence-corrected chi connectivity index (χ2v) is 3.42. The minimum Gasteiger partial charge on any atom is -0.494 e. The maximum atomic E-state index is 12.2. The maximum Gasteiger partial charge on any atom is 0.573 e. The van der Waals surface area contributed by atoms with Gasteiger partial charge in [-0.25, -0.2) is 9.78 Å². The predicted molar refractivity (Wildman–Crippen MR) is 58.4 cm³/mol. The lowest BCUT2D eigenvalue weighted by Gasteiger charge is -2.15. The largest absolute Gasteiger partial charge is 0.573 e. The molecule has 1 aromatic heterocycles. The van der Waals surface area contributed by atoms with Crippen LogP contribution in [0.4, 0.5) is 13.2 Å². The molecule has 0 fully saturated rings. The monoisotopic (exact) mass is 299 g/mol. The fourth-order valence-electron chi connectivity index (χ4n) is 1.32. The Morgan fingerprint density at radius 3 is 2.47 bits per heavy atom. The van der Waals surface area contributed by atoms with Gasteiger partial charge in [0.05, 0.1) is 31.9 Å². The highest BCUT2D eigenvalue weighted by atomic mass is 35.5. The first-order valence-corrected chi connectivity index (χ1v) is 5.33. The SMILES string of the molecule is COC(=O)c1ncc(OC(F)(F)F)c(CCl)c1OC. The van der Waals surface area contributed by atoms with Crippen LogP contribution in [-0.4, -0.2) is 31.5 Å². The first kappa shape index (κ1) is 15.4. The van der Waals surface area contributed by atoms with Crippen molar-refractivity contribution in [3.05, 3.63) is 17.5 Å². The van der Waals surface area contributed by atoms with Gasteiger partial charge in [0.1, 0.15) is 0 Å². The molecule has 9 heteroatoms. The first-order valence-electron chi connectivity index (χ1n) is 4.80. The van der Waals surface area contributed by atoms with Gasteiger partial charge in [0, 0.05) is 0 Å². The van der Waals surface area contributed by atoms with E-state index < -0.39 is 18.1 Å². The van der Waals surface area contributed by atoms with E-state index in [1.165, 1.54) is 0 Å². The van der Waals surface area contributed by atoms with Crippen LogP contribution in [0.5, 0.6) is 11.5 Å². The Kier molecular flexibility index (Phi) is 4.82. The van der Waals surface area contributed by atoms with E-state index in [9.17, 15) is 18.0 Å². The van der Waals surface area contributed by atoms with E-state index in [1.807, 2.05) is 0 Å². The van der Waals surface area contributed by atoms with E-state index in [0.29, 0.717) is 0 Å². The van der Waals surface area contributed by atoms with Crippen LogP contribution in [-0.2, 0) is 10.6 Å². The van der Waals surface area contributed by atoms with Crippen LogP contribution in [0.25, 0.3) is 0 Å². The number of ether oxygens (including phenoxy) is 3. The van der Waals surface area contributed by atoms with Gasteiger partial charge in [0.2, 0.25) is 0 Å². The van der Waals surface area contributed by atoms with Gasteiger partial charge in [-0.2, -0.15) is 0 Å². The normalized spacial score (nSPS) is 11.1. The Balaban J connectivity index is 3.34. The molecule has 0 aromatic carbocycles. The highest BCUT2D eigenvalue weighted by Crippen LogP contribution is 2.35. The summed E-state index contributed by atoms with van der Waals surface area (Å²) >= 11 is 5.56. The Morgan fingerprint density at radius 2 is 2.05 bits per heavy atom. The number of nitrogens with zero attached hydrogens (tertiary/aromatic N) is 1. The fraction of sp³-hybridized carbons (Fsp3) is 0.400. The number of methoxy groups -OCH3 is 2. The predicted octanol–water partition coefficient (Wildman–Crippen LogP) is 2.51. The Hall–Kier alpha value is -1.70. The summed E-state index contributed by atoms with van der Waals surface area (Å²) in [5, 5.41) is 0. The van der Waals surface area contributed by atoms with Crippen LogP contribution >= 0.6 is 11.6 Å². The number of esters is 1. The average Bonchev–Trinajstić information content (AvgIpc) is 2.35. The summed E-state index contributed by atoms with van der Waals surface area (Å²) in [6.45, 7) is 0. The molecule has 0 spiro atoms. The summed E-state index contributed by atoms with van der Waals surface area (Å²) < 4.78 is 49.6. The summed E-state index contributed by atoms with van der Waals surface area (Å²) in [4.78, 5) is 14.9. The van der Waals surface area contributed by atoms with Crippen molar-refractivity contribution in [3.63, 3.8) is 0 Å². The molecule has 0 aliphatic heterocycles. The van der Waals surface area contributed by atoms with Crippen LogP contribution in [0.2, 0.25) is 0 Å². The maximum absolute atomic E-state index is 12.2. The van der Waals surface area contributed by atoms with Crippen molar-refractivity contribution >= 4 is 17.6 Å². The second kappa shape index (κ2) is 5.96. The van der Waals surface area contributed by atoms with Crippen molar-refractivity contribution in [3.8, 4) is 11.5 Å². The Morgan fingerprint density at radius 1 is 1.42 bits per heavy atom. The smallest absolute Gasteiger partial charge is 0.494 e. The van der Waals surface area contributed by atoms with Gasteiger partial charge in [-0.15, -0.1) is 24.8 Å². The highest BCUT2D eigenvalue weighted by Gasteiger charge is 2.34. The van der Waals surface area contributed by atoms with E-state index in [2.05, 4.69) is 14.5 Å². The minimum atomic E-state index is -4.90. The molecule has 0 aliphatic carbocycles. The third-order valence-corrected chi connectivity index (χ3v) is 2.31. The van der Waals surface area contributed by atoms with Crippen molar-refractivity contribution in [2.24, 2.45) is 0 Å². The van der Waals surface area contributed by atoms with Gasteiger partial charge in [-0.1, -0.05) is 0 Å². The molecule has 0 saturated carbocycles. The van der Waals surface area contributed by atoms with E-state index >= 15 is 0 Å². The van der Waals surface area contributed by atoms with Crippen LogP contribution < -0.4 is 9.47 Å². The Labute approximate surface area is 111 Å². The van der Waals surface area contributed by atoms with Crippen LogP contribution in [0.1, 0.15) is 16.1 Å². The van der Waals surface area contributed by atoms with Gasteiger partial charge < -0.3 is 14.2 Å². The van der Waals surface area contributed by atoms with Crippen molar-refractivity contribution in [1.29, 1.82) is 0 Å². The van der Waals surface area contributed by atoms with Crippen molar-refractivity contribution < 1.29 is 32.2 Å². The molecular weight excluding hydrogens is 291 g/mol. The van der Waals surface area contributed by atoms with Crippen molar-refractivity contribution in [2.45, 2.75) is 12.2 Å². The number of carbonyl (C=O) groups is 1. The van der Waals surface area contributed by atoms with Crippen LogP contribution in [0.15, 0.2) is 6.20 Å². The van der Waals surface area contributed by atoms with Crippen LogP contribution in [0, 0.1) is 0 Å². The van der Waals surface area contributed by atoms with Crippen molar-refractivity contribution in [2.75, 3.05) is 14.2 Å². The molecule has 0 bridgehead atoms. The second-order valence-electron chi connectivity index (χ2n) is 3.16. The van der Waals surface area contributed by atoms with E-state index in [0.717, 1.165) is 20.4 Å². The van der Waals surface area contributed by atoms with E-state index in [1.54, 1.807) is 0 Å². The zero-order chi connectivity index (χ0) is 14.6. The standard InChI is InChI=1S/C10H9ClF3NO4/c1-17-8-5(3-11)6(19-10(12,13)14)4-15-7(8)9(16)18-2/h4H,3H2,1-2H3. The number of alkyl halides is 4. The van der Waals surface area contributed by atoms with Gasteiger partial charge in [-0.05, 0) is 0 Å². The summed E-state index contributed by atoms with van der Waals surface area (Å²) in [6.07, 6.45) is -4.17. The summed E-state index contributed by atoms with van der Waals surface area (Å²) in [6, 6.07) is 0. The molecule has 0 aliphatic rings. The van der Waals surface area contributed by atoms with E-state index in [4.69, 9.17) is 16.3 Å². The number of rotatable bonds is 4. The van der Waals surface area contributed by atoms with E-state index in [-0.39, 0.29) is 22.9 Å². The minimum absolute atomic E-state index is 0.142. The molecule has 0 N–H and O–H groups in total. The molecule has 1 heterocycles. The molecule has 1 aromatic rings. The molecule has 0 unspecified atom stereocenters. The van der Waals surface area contributed by atoms with Gasteiger partial charge >= 0.3 is 12.3 Å². The van der Waals surface area contributed by atoms with Crippen molar-refractivity contribution in [1.82, 2.24) is 4.98 Å². The number of hydrogen-bond acceptors (Lipinski definition) is 5. The number of hydrogen-bond donors (Lipinski definition) is 0. The molecule has 0 atom stereocenters. The molecule has 1 rings (SSSR count). The number of aromatic nitrogens is 1. The van der Waals surface area contributed by atoms with Crippen LogP contribution in [0.3, 0.4) is 0 Å². The lowest BCUT2D eigenvalue weighted by molar-refractivity contribution is -0.275. The summed E-state index contributed by atoms with van der Waals surface area (Å²) in [7, 11) is 2.26. The summed E-state index contributed by atoms with van der Waals surface area (Å²) in [5.41, 5.74) is -0.424. The zero-order valence-electron chi connectivity index (χ0n) is 9.88. The van der Waals surface area contributed by atoms with Gasteiger partial charge in [-0.3, -0.25) is 0 Å². The molecule has 19 heavy (non-hydrogen) atoms. The molecule has 5 nitrogen and oxygen atoms in total. The lowest BCUT2D eigenvalue weighted by atomic mass is 10.2. The fourth-order valence-corrected chi connectivity index (χ4v) is 1.57. The summed E-state index contributed by atoms with van der Waals surface area (Å²) in [5.74, 6) is -2.07. The quantitative estimate of drug-likeness (QED) is 0.631. The zero-order valence-corrected chi connectivity index (χ0v) is 10.6. The first-order chi connectivity index (χ1) is 8.84. The van der Waals surface area contributed by atoms with Gasteiger partial charge in [0.25, 0.3) is 0 Å². The highest BCUT2D eigenvalue weighted by molar-refractivity contribution is 6.17. The van der Waals surface area contributed by atoms with Gasteiger partial charge in [0.15, 0.2) is 17.2 Å². The number of pyridine rings is 1. The molecule has 106 valence electrons. The number of carbonyl (C=O) groups excluding carboxylic acids is 1. The topological polar surface area (TPSA) is 57.7 Å².